The molecule has 1 aromatic carbocycles. The molecule has 0 unspecified atom stereocenters. The maximum Gasteiger partial charge on any atom is 0.344 e. The molecule has 7 nitrogen and oxygen atoms in total. The van der Waals surface area contributed by atoms with Gasteiger partial charge in [0.15, 0.2) is 0 Å². The topological polar surface area (TPSA) is 87.3 Å². The van der Waals surface area contributed by atoms with Crippen molar-refractivity contribution in [3.63, 3.8) is 0 Å². The minimum absolute atomic E-state index is 0.0176. The van der Waals surface area contributed by atoms with Crippen molar-refractivity contribution in [1.29, 1.82) is 0 Å². The molecule has 0 saturated carbocycles. The zero-order valence-electron chi connectivity index (χ0n) is 10.7. The van der Waals surface area contributed by atoms with E-state index in [9.17, 15) is 19.3 Å². The molecular formula is C13H8FN3O4. The van der Waals surface area contributed by atoms with Crippen LogP contribution in [0.1, 0.15) is 21.7 Å². The number of halogens is 1. The molecule has 0 bridgehead atoms. The number of hydrogen-bond donors (Lipinski definition) is 0. The van der Waals surface area contributed by atoms with Crippen molar-refractivity contribution >= 4 is 23.5 Å². The number of carbonyl (C=O) groups excluding carboxylic acids is 1. The minimum Gasteiger partial charge on any atom is -0.422 e. The Kier molecular flexibility index (Phi) is 2.79. The summed E-state index contributed by atoms with van der Waals surface area (Å²) in [5, 5.41) is 11.1. The van der Waals surface area contributed by atoms with Crippen LogP contribution in [0.4, 0.5) is 10.1 Å². The largest absolute Gasteiger partial charge is 0.422 e. The Hall–Kier alpha value is -3.03. The Balaban J connectivity index is 2.24. The number of nitro groups is 1. The van der Waals surface area contributed by atoms with E-state index < -0.39 is 22.4 Å². The van der Waals surface area contributed by atoms with Crippen LogP contribution >= 0.6 is 0 Å². The molecule has 0 amide bonds. The molecule has 2 heterocycles. The van der Waals surface area contributed by atoms with Crippen LogP contribution in [-0.4, -0.2) is 20.4 Å². The van der Waals surface area contributed by atoms with E-state index in [1.807, 2.05) is 0 Å². The lowest BCUT2D eigenvalue weighted by atomic mass is 10.1. The van der Waals surface area contributed by atoms with Gasteiger partial charge in [0.2, 0.25) is 0 Å². The summed E-state index contributed by atoms with van der Waals surface area (Å²) >= 11 is 0. The van der Waals surface area contributed by atoms with Crippen LogP contribution < -0.4 is 0 Å². The van der Waals surface area contributed by atoms with E-state index >= 15 is 0 Å². The van der Waals surface area contributed by atoms with Crippen LogP contribution in [0.2, 0.25) is 0 Å². The number of aryl methyl sites for hydroxylation is 1. The lowest BCUT2D eigenvalue weighted by Crippen LogP contribution is -1.98. The van der Waals surface area contributed by atoms with Crippen LogP contribution in [-0.2, 0) is 11.8 Å². The van der Waals surface area contributed by atoms with Gasteiger partial charge in [0.05, 0.1) is 16.6 Å². The molecule has 1 aromatic heterocycles. The van der Waals surface area contributed by atoms with Crippen LogP contribution in [0.15, 0.2) is 24.5 Å². The first-order chi connectivity index (χ1) is 9.97. The number of ether oxygens (including phenoxy) is 1. The number of aromatic nitrogens is 2. The highest BCUT2D eigenvalue weighted by molar-refractivity contribution is 6.07. The fraction of sp³-hybridized carbons (Fsp3) is 0.0769. The number of carbonyl (C=O) groups is 1. The normalized spacial score (nSPS) is 15.1. The molecule has 106 valence electrons. The van der Waals surface area contributed by atoms with Crippen LogP contribution in [0.25, 0.3) is 11.8 Å². The van der Waals surface area contributed by atoms with Crippen LogP contribution in [0.3, 0.4) is 0 Å². The summed E-state index contributed by atoms with van der Waals surface area (Å²) in [6.45, 7) is 0. The summed E-state index contributed by atoms with van der Waals surface area (Å²) in [6.07, 6.45) is 4.60. The van der Waals surface area contributed by atoms with Gasteiger partial charge in [-0.2, -0.15) is 0 Å². The SMILES string of the molecule is Cn1ccnc1/C=C1\OC(=O)c2cc(F)cc([N+](=O)[O-])c21. The lowest BCUT2D eigenvalue weighted by Gasteiger charge is -2.01. The summed E-state index contributed by atoms with van der Waals surface area (Å²) < 4.78 is 20.0. The minimum atomic E-state index is -0.865. The summed E-state index contributed by atoms with van der Waals surface area (Å²) in [5.41, 5.74) is -0.715. The van der Waals surface area contributed by atoms with E-state index in [4.69, 9.17) is 4.74 Å². The van der Waals surface area contributed by atoms with E-state index in [2.05, 4.69) is 4.98 Å². The first-order valence-corrected chi connectivity index (χ1v) is 5.87. The number of benzene rings is 1. The Bertz CT molecular complexity index is 810. The molecular weight excluding hydrogens is 281 g/mol. The number of esters is 1. The first-order valence-electron chi connectivity index (χ1n) is 5.87. The van der Waals surface area contributed by atoms with Gasteiger partial charge in [0, 0.05) is 25.5 Å². The van der Waals surface area contributed by atoms with Crippen molar-refractivity contribution in [3.05, 3.63) is 57.4 Å². The van der Waals surface area contributed by atoms with Gasteiger partial charge in [-0.1, -0.05) is 0 Å². The standard InChI is InChI=1S/C13H8FN3O4/c1-16-3-2-15-11(16)6-10-12-8(13(18)21-10)4-7(14)5-9(12)17(19)20/h2-6H,1H3/b10-6-. The smallest absolute Gasteiger partial charge is 0.344 e. The molecule has 0 aliphatic carbocycles. The van der Waals surface area contributed by atoms with E-state index in [-0.39, 0.29) is 16.9 Å². The predicted molar refractivity (Wildman–Crippen MR) is 69.5 cm³/mol. The number of rotatable bonds is 2. The Labute approximate surface area is 117 Å². The van der Waals surface area contributed by atoms with E-state index in [0.717, 1.165) is 12.1 Å². The van der Waals surface area contributed by atoms with Gasteiger partial charge in [0.1, 0.15) is 23.0 Å². The van der Waals surface area contributed by atoms with Crippen molar-refractivity contribution in [2.24, 2.45) is 7.05 Å². The van der Waals surface area contributed by atoms with E-state index in [0.29, 0.717) is 5.82 Å². The highest BCUT2D eigenvalue weighted by atomic mass is 19.1. The van der Waals surface area contributed by atoms with Crippen molar-refractivity contribution in [2.45, 2.75) is 0 Å². The summed E-state index contributed by atoms with van der Waals surface area (Å²) in [4.78, 5) is 26.1. The van der Waals surface area contributed by atoms with E-state index in [1.165, 1.54) is 12.3 Å². The van der Waals surface area contributed by atoms with Gasteiger partial charge in [-0.25, -0.2) is 14.2 Å². The van der Waals surface area contributed by atoms with Crippen LogP contribution in [0, 0.1) is 15.9 Å². The zero-order valence-corrected chi connectivity index (χ0v) is 10.7. The molecule has 0 radical (unpaired) electrons. The quantitative estimate of drug-likeness (QED) is 0.480. The van der Waals surface area contributed by atoms with Gasteiger partial charge in [-0.05, 0) is 6.07 Å². The second kappa shape index (κ2) is 4.51. The van der Waals surface area contributed by atoms with Crippen molar-refractivity contribution < 1.29 is 18.8 Å². The number of imidazole rings is 1. The third kappa shape index (κ3) is 2.06. The molecule has 0 atom stereocenters. The van der Waals surface area contributed by atoms with Gasteiger partial charge in [-0.15, -0.1) is 0 Å². The molecule has 1 aliphatic rings. The van der Waals surface area contributed by atoms with Crippen molar-refractivity contribution in [3.8, 4) is 0 Å². The highest BCUT2D eigenvalue weighted by Gasteiger charge is 2.35. The number of hydrogen-bond acceptors (Lipinski definition) is 5. The Morgan fingerprint density at radius 2 is 2.24 bits per heavy atom. The third-order valence-electron chi connectivity index (χ3n) is 3.07. The summed E-state index contributed by atoms with van der Waals surface area (Å²) in [7, 11) is 1.72. The third-order valence-corrected chi connectivity index (χ3v) is 3.07. The molecule has 2 aromatic rings. The van der Waals surface area contributed by atoms with E-state index in [1.54, 1.807) is 17.8 Å². The fourth-order valence-electron chi connectivity index (χ4n) is 2.10. The molecule has 0 saturated heterocycles. The Morgan fingerprint density at radius 3 is 2.86 bits per heavy atom. The molecule has 3 rings (SSSR count). The summed E-state index contributed by atoms with van der Waals surface area (Å²) in [6, 6.07) is 1.68. The fourth-order valence-corrected chi connectivity index (χ4v) is 2.10. The van der Waals surface area contributed by atoms with Gasteiger partial charge in [0.25, 0.3) is 5.69 Å². The lowest BCUT2D eigenvalue weighted by molar-refractivity contribution is -0.385. The van der Waals surface area contributed by atoms with Crippen LogP contribution in [0.5, 0.6) is 0 Å². The Morgan fingerprint density at radius 1 is 1.48 bits per heavy atom. The summed E-state index contributed by atoms with van der Waals surface area (Å²) in [5.74, 6) is -1.26. The molecule has 8 heteroatoms. The number of nitro benzene ring substituents is 1. The number of fused-ring (bicyclic) bond motifs is 1. The van der Waals surface area contributed by atoms with Crippen molar-refractivity contribution in [1.82, 2.24) is 9.55 Å². The zero-order chi connectivity index (χ0) is 15.1. The maximum absolute atomic E-state index is 13.4. The first kappa shape index (κ1) is 13.0. The second-order valence-electron chi connectivity index (χ2n) is 4.40. The predicted octanol–water partition coefficient (Wildman–Crippen LogP) is 2.14. The average molecular weight is 289 g/mol. The van der Waals surface area contributed by atoms with Gasteiger partial charge < -0.3 is 9.30 Å². The molecule has 1 aliphatic heterocycles. The monoisotopic (exact) mass is 289 g/mol. The average Bonchev–Trinajstić information content (AvgIpc) is 2.95. The molecule has 0 spiro atoms. The highest BCUT2D eigenvalue weighted by Crippen LogP contribution is 2.38. The van der Waals surface area contributed by atoms with Gasteiger partial charge >= 0.3 is 5.97 Å². The molecule has 0 fully saturated rings. The molecule has 0 N–H and O–H groups in total. The number of nitrogens with zero attached hydrogens (tertiary/aromatic N) is 3. The van der Waals surface area contributed by atoms with Gasteiger partial charge in [-0.3, -0.25) is 10.1 Å². The second-order valence-corrected chi connectivity index (χ2v) is 4.40. The molecule has 21 heavy (non-hydrogen) atoms. The van der Waals surface area contributed by atoms with Crippen molar-refractivity contribution in [2.75, 3.05) is 0 Å². The maximum atomic E-state index is 13.4. The number of cyclic esters (lactones) is 1.